The van der Waals surface area contributed by atoms with Crippen LogP contribution < -0.4 is 5.32 Å². The summed E-state index contributed by atoms with van der Waals surface area (Å²) in [5, 5.41) is 3.13. The number of piperazine rings is 3. The summed E-state index contributed by atoms with van der Waals surface area (Å²) in [6.07, 6.45) is 0. The number of nitrogens with one attached hydrogen (secondary N) is 1. The normalized spacial score (nSPS) is 30.5. The van der Waals surface area contributed by atoms with E-state index in [9.17, 15) is 8.78 Å². The van der Waals surface area contributed by atoms with Crippen LogP contribution in [0.4, 0.5) is 8.78 Å². The van der Waals surface area contributed by atoms with Gasteiger partial charge < -0.3 is 5.32 Å². The Balaban J connectivity index is 1.96. The number of halogens is 2. The van der Waals surface area contributed by atoms with Crippen LogP contribution in [-0.4, -0.2) is 55.6 Å². The Labute approximate surface area is 118 Å². The highest BCUT2D eigenvalue weighted by atomic mass is 19.1. The average Bonchev–Trinajstić information content (AvgIpc) is 2.49. The first-order valence-corrected chi connectivity index (χ1v) is 7.20. The maximum Gasteiger partial charge on any atom is 0.133 e. The van der Waals surface area contributed by atoms with Gasteiger partial charge in [-0.25, -0.2) is 8.78 Å². The van der Waals surface area contributed by atoms with Crippen LogP contribution in [-0.2, 0) is 0 Å². The molecule has 3 nitrogen and oxygen atoms in total. The van der Waals surface area contributed by atoms with Crippen LogP contribution in [0, 0.1) is 18.6 Å². The molecule has 2 unspecified atom stereocenters. The topological polar surface area (TPSA) is 18.5 Å². The quantitative estimate of drug-likeness (QED) is 0.906. The zero-order valence-electron chi connectivity index (χ0n) is 12.0. The van der Waals surface area contributed by atoms with Gasteiger partial charge in [0.15, 0.2) is 0 Å². The second-order valence-electron chi connectivity index (χ2n) is 5.76. The lowest BCUT2D eigenvalue weighted by atomic mass is 9.92. The first kappa shape index (κ1) is 13.9. The fraction of sp³-hybridized carbons (Fsp3) is 0.600. The lowest BCUT2D eigenvalue weighted by Gasteiger charge is -2.50. The molecule has 20 heavy (non-hydrogen) atoms. The fourth-order valence-electron chi connectivity index (χ4n) is 3.47. The molecule has 3 aliphatic rings. The molecule has 0 aromatic heterocycles. The van der Waals surface area contributed by atoms with E-state index >= 15 is 0 Å². The monoisotopic (exact) mass is 281 g/mol. The van der Waals surface area contributed by atoms with Gasteiger partial charge >= 0.3 is 0 Å². The van der Waals surface area contributed by atoms with Gasteiger partial charge in [-0.15, -0.1) is 0 Å². The molecule has 3 heterocycles. The van der Waals surface area contributed by atoms with E-state index in [0.717, 1.165) is 32.7 Å². The second kappa shape index (κ2) is 5.39. The summed E-state index contributed by atoms with van der Waals surface area (Å²) in [4.78, 5) is 4.73. The van der Waals surface area contributed by atoms with Crippen LogP contribution in [0.25, 0.3) is 0 Å². The van der Waals surface area contributed by atoms with Gasteiger partial charge in [0.05, 0.1) is 6.04 Å². The van der Waals surface area contributed by atoms with Crippen LogP contribution in [0.2, 0.25) is 0 Å². The first-order valence-electron chi connectivity index (χ1n) is 7.20. The molecule has 1 aromatic rings. The maximum atomic E-state index is 14.4. The van der Waals surface area contributed by atoms with E-state index in [1.54, 1.807) is 14.0 Å². The van der Waals surface area contributed by atoms with Gasteiger partial charge in [0.25, 0.3) is 0 Å². The summed E-state index contributed by atoms with van der Waals surface area (Å²) in [6.45, 7) is 6.65. The molecule has 0 radical (unpaired) electrons. The molecule has 4 rings (SSSR count). The lowest BCUT2D eigenvalue weighted by molar-refractivity contribution is -0.00358. The van der Waals surface area contributed by atoms with Crippen LogP contribution >= 0.6 is 0 Å². The van der Waals surface area contributed by atoms with Gasteiger partial charge in [0.2, 0.25) is 0 Å². The first-order chi connectivity index (χ1) is 9.61. The number of likely N-dealkylation sites (N-methyl/N-ethyl adjacent to an activating group) is 1. The van der Waals surface area contributed by atoms with E-state index in [1.165, 1.54) is 12.1 Å². The molecule has 3 saturated heterocycles. The Morgan fingerprint density at radius 3 is 2.45 bits per heavy atom. The predicted octanol–water partition coefficient (Wildman–Crippen LogP) is 1.53. The molecule has 0 spiro atoms. The second-order valence-corrected chi connectivity index (χ2v) is 5.76. The summed E-state index contributed by atoms with van der Waals surface area (Å²) in [6, 6.07) is 2.69. The molecule has 2 atom stereocenters. The summed E-state index contributed by atoms with van der Waals surface area (Å²) in [5.74, 6) is -0.868. The molecule has 1 N–H and O–H groups in total. The van der Waals surface area contributed by atoms with Gasteiger partial charge in [-0.05, 0) is 25.6 Å². The van der Waals surface area contributed by atoms with Gasteiger partial charge in [-0.2, -0.15) is 0 Å². The number of hydrogen-bond acceptors (Lipinski definition) is 3. The smallest absolute Gasteiger partial charge is 0.133 e. The van der Waals surface area contributed by atoms with Gasteiger partial charge in [0.1, 0.15) is 11.6 Å². The zero-order chi connectivity index (χ0) is 14.3. The number of hydrogen-bond donors (Lipinski definition) is 1. The SMILES string of the molecule is CNC(c1c(F)ccc(C)c1F)C1CN2CCN1CC2. The number of fused-ring (bicyclic) bond motifs is 3. The Bertz CT molecular complexity index is 498. The van der Waals surface area contributed by atoms with Crippen molar-refractivity contribution in [3.63, 3.8) is 0 Å². The van der Waals surface area contributed by atoms with E-state index in [4.69, 9.17) is 0 Å². The van der Waals surface area contributed by atoms with E-state index in [-0.39, 0.29) is 17.6 Å². The Morgan fingerprint density at radius 2 is 1.90 bits per heavy atom. The standard InChI is InChI=1S/C15H21F2N3/c1-10-3-4-11(16)13(14(10)17)15(18-2)12-9-19-5-7-20(12)8-6-19/h3-4,12,15,18H,5-9H2,1-2H3. The highest BCUT2D eigenvalue weighted by Gasteiger charge is 2.38. The van der Waals surface area contributed by atoms with Crippen LogP contribution in [0.1, 0.15) is 17.2 Å². The van der Waals surface area contributed by atoms with Gasteiger partial charge in [0, 0.05) is 44.3 Å². The average molecular weight is 281 g/mol. The lowest BCUT2D eigenvalue weighted by Crippen LogP contribution is -2.63. The van der Waals surface area contributed by atoms with Crippen molar-refractivity contribution < 1.29 is 8.78 Å². The van der Waals surface area contributed by atoms with E-state index in [1.807, 2.05) is 0 Å². The van der Waals surface area contributed by atoms with E-state index < -0.39 is 11.6 Å². The van der Waals surface area contributed by atoms with Crippen molar-refractivity contribution in [2.45, 2.75) is 19.0 Å². The van der Waals surface area contributed by atoms with Crippen LogP contribution in [0.15, 0.2) is 12.1 Å². The van der Waals surface area contributed by atoms with Gasteiger partial charge in [-0.1, -0.05) is 6.07 Å². The highest BCUT2D eigenvalue weighted by Crippen LogP contribution is 2.31. The Morgan fingerprint density at radius 1 is 1.20 bits per heavy atom. The van der Waals surface area contributed by atoms with Crippen molar-refractivity contribution in [2.24, 2.45) is 0 Å². The summed E-state index contributed by atoms with van der Waals surface area (Å²) in [5.41, 5.74) is 0.684. The van der Waals surface area contributed by atoms with Crippen molar-refractivity contribution in [1.29, 1.82) is 0 Å². The van der Waals surface area contributed by atoms with Crippen molar-refractivity contribution in [2.75, 3.05) is 39.8 Å². The molecule has 0 amide bonds. The Hall–Kier alpha value is -1.04. The molecule has 2 bridgehead atoms. The molecular weight excluding hydrogens is 260 g/mol. The minimum Gasteiger partial charge on any atom is -0.311 e. The van der Waals surface area contributed by atoms with Crippen LogP contribution in [0.3, 0.4) is 0 Å². The van der Waals surface area contributed by atoms with Crippen molar-refractivity contribution in [1.82, 2.24) is 15.1 Å². The molecule has 110 valence electrons. The van der Waals surface area contributed by atoms with Crippen molar-refractivity contribution >= 4 is 0 Å². The molecule has 5 heteroatoms. The third-order valence-electron chi connectivity index (χ3n) is 4.65. The summed E-state index contributed by atoms with van der Waals surface area (Å²) >= 11 is 0. The van der Waals surface area contributed by atoms with Crippen molar-refractivity contribution in [3.8, 4) is 0 Å². The highest BCUT2D eigenvalue weighted by molar-refractivity contribution is 5.30. The minimum absolute atomic E-state index is 0.133. The minimum atomic E-state index is -0.454. The predicted molar refractivity (Wildman–Crippen MR) is 74.7 cm³/mol. The molecule has 1 aromatic carbocycles. The largest absolute Gasteiger partial charge is 0.311 e. The van der Waals surface area contributed by atoms with Crippen molar-refractivity contribution in [3.05, 3.63) is 34.9 Å². The zero-order valence-corrected chi connectivity index (χ0v) is 12.0. The van der Waals surface area contributed by atoms with E-state index in [2.05, 4.69) is 15.1 Å². The molecule has 3 fully saturated rings. The van der Waals surface area contributed by atoms with E-state index in [0.29, 0.717) is 5.56 Å². The molecular formula is C15H21F2N3. The Kier molecular flexibility index (Phi) is 3.75. The third kappa shape index (κ3) is 2.24. The number of rotatable bonds is 3. The third-order valence-corrected chi connectivity index (χ3v) is 4.65. The number of aryl methyl sites for hydroxylation is 1. The molecule has 0 aliphatic carbocycles. The summed E-state index contributed by atoms with van der Waals surface area (Å²) in [7, 11) is 1.78. The molecule has 0 saturated carbocycles. The van der Waals surface area contributed by atoms with Gasteiger partial charge in [-0.3, -0.25) is 9.80 Å². The fourth-order valence-corrected chi connectivity index (χ4v) is 3.47. The maximum absolute atomic E-state index is 14.4. The van der Waals surface area contributed by atoms with Crippen LogP contribution in [0.5, 0.6) is 0 Å². The number of nitrogens with zero attached hydrogens (tertiary/aromatic N) is 2. The number of benzene rings is 1. The summed E-state index contributed by atoms with van der Waals surface area (Å²) < 4.78 is 28.5. The molecule has 3 aliphatic heterocycles.